The first-order chi connectivity index (χ1) is 8.22. The number of carbonyl (C=O) groups is 1. The van der Waals surface area contributed by atoms with Crippen LogP contribution in [0.25, 0.3) is 0 Å². The number of nitrogens with two attached hydrogens (primary N) is 2. The third-order valence-electron chi connectivity index (χ3n) is 2.66. The Morgan fingerprint density at radius 2 is 2.00 bits per heavy atom. The Labute approximate surface area is 102 Å². The molecule has 0 aliphatic rings. The maximum atomic E-state index is 11.7. The van der Waals surface area contributed by atoms with Gasteiger partial charge in [0.05, 0.1) is 0 Å². The zero-order chi connectivity index (χ0) is 12.5. The number of anilines is 1. The van der Waals surface area contributed by atoms with E-state index in [1.807, 2.05) is 6.07 Å². The molecule has 1 aromatic heterocycles. The van der Waals surface area contributed by atoms with Crippen LogP contribution < -0.4 is 11.5 Å². The highest BCUT2D eigenvalue weighted by atomic mass is 16.1. The van der Waals surface area contributed by atoms with Crippen LogP contribution in [-0.4, -0.2) is 17.3 Å². The number of rotatable bonds is 8. The monoisotopic (exact) mass is 235 g/mol. The summed E-state index contributed by atoms with van der Waals surface area (Å²) in [7, 11) is 0. The molecule has 0 aliphatic carbocycles. The van der Waals surface area contributed by atoms with Crippen molar-refractivity contribution in [3.8, 4) is 0 Å². The van der Waals surface area contributed by atoms with Gasteiger partial charge in [-0.15, -0.1) is 0 Å². The highest BCUT2D eigenvalue weighted by molar-refractivity contribution is 5.80. The van der Waals surface area contributed by atoms with Crippen LogP contribution in [0.5, 0.6) is 0 Å². The Hall–Kier alpha value is -1.42. The standard InChI is InChI=1S/C13H21N3O/c14-7-4-2-1-3-5-12(17)9-11-6-8-16-13(15)10-11/h6,8,10H,1-5,7,9,14H2,(H2,15,16). The molecule has 0 fully saturated rings. The molecule has 17 heavy (non-hydrogen) atoms. The number of pyridine rings is 1. The van der Waals surface area contributed by atoms with Gasteiger partial charge < -0.3 is 11.5 Å². The Morgan fingerprint density at radius 1 is 1.24 bits per heavy atom. The minimum atomic E-state index is 0.267. The van der Waals surface area contributed by atoms with Gasteiger partial charge in [0.2, 0.25) is 0 Å². The van der Waals surface area contributed by atoms with E-state index in [1.165, 1.54) is 0 Å². The van der Waals surface area contributed by atoms with Crippen LogP contribution in [0.4, 0.5) is 5.82 Å². The van der Waals surface area contributed by atoms with Crippen molar-refractivity contribution in [2.24, 2.45) is 5.73 Å². The molecule has 0 atom stereocenters. The summed E-state index contributed by atoms with van der Waals surface area (Å²) in [4.78, 5) is 15.6. The SMILES string of the molecule is NCCCCCCC(=O)Cc1ccnc(N)c1. The van der Waals surface area contributed by atoms with Gasteiger partial charge >= 0.3 is 0 Å². The average molecular weight is 235 g/mol. The molecule has 0 aromatic carbocycles. The minimum absolute atomic E-state index is 0.267. The van der Waals surface area contributed by atoms with Crippen LogP contribution >= 0.6 is 0 Å². The number of nitrogen functional groups attached to an aromatic ring is 1. The summed E-state index contributed by atoms with van der Waals surface area (Å²) in [5.74, 6) is 0.738. The number of hydrogen-bond donors (Lipinski definition) is 2. The second kappa shape index (κ2) is 7.79. The minimum Gasteiger partial charge on any atom is -0.384 e. The van der Waals surface area contributed by atoms with Gasteiger partial charge in [-0.3, -0.25) is 4.79 Å². The van der Waals surface area contributed by atoms with Gasteiger partial charge in [-0.2, -0.15) is 0 Å². The number of Topliss-reactive ketones (excluding diaryl/α,β-unsaturated/α-hetero) is 1. The predicted molar refractivity (Wildman–Crippen MR) is 69.5 cm³/mol. The van der Waals surface area contributed by atoms with Gasteiger partial charge in [0, 0.05) is 19.0 Å². The van der Waals surface area contributed by atoms with Crippen molar-refractivity contribution in [1.29, 1.82) is 0 Å². The van der Waals surface area contributed by atoms with Crippen molar-refractivity contribution in [2.45, 2.75) is 38.5 Å². The molecule has 1 rings (SSSR count). The summed E-state index contributed by atoms with van der Waals surface area (Å²) in [6, 6.07) is 3.59. The molecule has 1 aromatic rings. The maximum Gasteiger partial charge on any atom is 0.137 e. The van der Waals surface area contributed by atoms with Gasteiger partial charge in [-0.05, 0) is 37.1 Å². The van der Waals surface area contributed by atoms with E-state index in [0.717, 1.165) is 37.8 Å². The molecule has 0 amide bonds. The fraction of sp³-hybridized carbons (Fsp3) is 0.538. The molecule has 0 unspecified atom stereocenters. The number of hydrogen-bond acceptors (Lipinski definition) is 4. The Balaban J connectivity index is 2.21. The van der Waals surface area contributed by atoms with Crippen molar-refractivity contribution in [2.75, 3.05) is 12.3 Å². The normalized spacial score (nSPS) is 10.4. The van der Waals surface area contributed by atoms with Crippen LogP contribution in [0, 0.1) is 0 Å². The average Bonchev–Trinajstić information content (AvgIpc) is 2.29. The number of aromatic nitrogens is 1. The quantitative estimate of drug-likeness (QED) is 0.672. The fourth-order valence-corrected chi connectivity index (χ4v) is 1.74. The van der Waals surface area contributed by atoms with Gasteiger partial charge in [-0.1, -0.05) is 12.8 Å². The molecule has 4 nitrogen and oxygen atoms in total. The lowest BCUT2D eigenvalue weighted by Crippen LogP contribution is -2.04. The van der Waals surface area contributed by atoms with Crippen molar-refractivity contribution < 1.29 is 4.79 Å². The lowest BCUT2D eigenvalue weighted by atomic mass is 10.0. The summed E-state index contributed by atoms with van der Waals surface area (Å²) in [5.41, 5.74) is 11.9. The van der Waals surface area contributed by atoms with E-state index in [2.05, 4.69) is 4.98 Å². The number of ketones is 1. The van der Waals surface area contributed by atoms with Crippen LogP contribution in [0.3, 0.4) is 0 Å². The van der Waals surface area contributed by atoms with Crippen molar-refractivity contribution >= 4 is 11.6 Å². The van der Waals surface area contributed by atoms with Crippen LogP contribution in [0.2, 0.25) is 0 Å². The van der Waals surface area contributed by atoms with Gasteiger partial charge in [0.15, 0.2) is 0 Å². The molecule has 0 bridgehead atoms. The summed E-state index contributed by atoms with van der Waals surface area (Å²) in [6.45, 7) is 0.740. The molecule has 4 heteroatoms. The third-order valence-corrected chi connectivity index (χ3v) is 2.66. The molecule has 4 N–H and O–H groups in total. The molecular formula is C13H21N3O. The lowest BCUT2D eigenvalue weighted by molar-refractivity contribution is -0.118. The zero-order valence-corrected chi connectivity index (χ0v) is 10.2. The van der Waals surface area contributed by atoms with Crippen molar-refractivity contribution in [1.82, 2.24) is 4.98 Å². The van der Waals surface area contributed by atoms with Crippen LogP contribution in [0.1, 0.15) is 37.7 Å². The predicted octanol–water partition coefficient (Wildman–Crippen LogP) is 1.68. The topological polar surface area (TPSA) is 82.0 Å². The molecular weight excluding hydrogens is 214 g/mol. The van der Waals surface area contributed by atoms with Crippen LogP contribution in [0.15, 0.2) is 18.3 Å². The summed E-state index contributed by atoms with van der Waals surface area (Å²) in [6.07, 6.45) is 6.96. The van der Waals surface area contributed by atoms with E-state index >= 15 is 0 Å². The van der Waals surface area contributed by atoms with E-state index < -0.39 is 0 Å². The van der Waals surface area contributed by atoms with Gasteiger partial charge in [-0.25, -0.2) is 4.98 Å². The maximum absolute atomic E-state index is 11.7. The number of unbranched alkanes of at least 4 members (excludes halogenated alkanes) is 3. The van der Waals surface area contributed by atoms with Crippen molar-refractivity contribution in [3.05, 3.63) is 23.9 Å². The first kappa shape index (κ1) is 13.6. The smallest absolute Gasteiger partial charge is 0.137 e. The first-order valence-electron chi connectivity index (χ1n) is 6.14. The highest BCUT2D eigenvalue weighted by Crippen LogP contribution is 2.08. The largest absolute Gasteiger partial charge is 0.384 e. The molecule has 94 valence electrons. The summed E-state index contributed by atoms with van der Waals surface area (Å²) >= 11 is 0. The van der Waals surface area contributed by atoms with Crippen LogP contribution in [-0.2, 0) is 11.2 Å². The third kappa shape index (κ3) is 6.02. The number of nitrogens with zero attached hydrogens (tertiary/aromatic N) is 1. The Bertz CT molecular complexity index is 352. The van der Waals surface area contributed by atoms with E-state index in [1.54, 1.807) is 12.3 Å². The van der Waals surface area contributed by atoms with E-state index in [-0.39, 0.29) is 5.78 Å². The summed E-state index contributed by atoms with van der Waals surface area (Å²) in [5, 5.41) is 0. The lowest BCUT2D eigenvalue weighted by Gasteiger charge is -2.02. The Kier molecular flexibility index (Phi) is 6.25. The van der Waals surface area contributed by atoms with Crippen molar-refractivity contribution in [3.63, 3.8) is 0 Å². The molecule has 0 spiro atoms. The highest BCUT2D eigenvalue weighted by Gasteiger charge is 2.04. The first-order valence-corrected chi connectivity index (χ1v) is 6.14. The van der Waals surface area contributed by atoms with E-state index in [0.29, 0.717) is 18.7 Å². The molecule has 1 heterocycles. The fourth-order valence-electron chi connectivity index (χ4n) is 1.74. The second-order valence-corrected chi connectivity index (χ2v) is 4.26. The molecule has 0 saturated heterocycles. The summed E-state index contributed by atoms with van der Waals surface area (Å²) < 4.78 is 0. The van der Waals surface area contributed by atoms with E-state index in [4.69, 9.17) is 11.5 Å². The van der Waals surface area contributed by atoms with E-state index in [9.17, 15) is 4.79 Å². The molecule has 0 aliphatic heterocycles. The van der Waals surface area contributed by atoms with Gasteiger partial charge in [0.1, 0.15) is 11.6 Å². The molecule has 0 saturated carbocycles. The zero-order valence-electron chi connectivity index (χ0n) is 10.2. The molecule has 0 radical (unpaired) electrons. The Morgan fingerprint density at radius 3 is 2.71 bits per heavy atom. The number of carbonyl (C=O) groups excluding carboxylic acids is 1. The van der Waals surface area contributed by atoms with Gasteiger partial charge in [0.25, 0.3) is 0 Å². The second-order valence-electron chi connectivity index (χ2n) is 4.26.